The Morgan fingerprint density at radius 3 is 1.23 bits per heavy atom. The highest BCUT2D eigenvalue weighted by Gasteiger charge is 2.25. The number of carbonyl (C=O) groups is 3. The van der Waals surface area contributed by atoms with Crippen LogP contribution in [-0.4, -0.2) is 75.5 Å². The average molecular weight is 914 g/mol. The molecule has 378 valence electrons. The van der Waals surface area contributed by atoms with Crippen LogP contribution in [0.5, 0.6) is 0 Å². The Hall–Kier alpha value is -2.71. The van der Waals surface area contributed by atoms with Crippen molar-refractivity contribution in [2.45, 2.75) is 257 Å². The van der Waals surface area contributed by atoms with E-state index in [9.17, 15) is 19.5 Å². The Kier molecular flexibility index (Phi) is 45.8. The molecule has 0 rings (SSSR count). The summed E-state index contributed by atoms with van der Waals surface area (Å²) < 4.78 is 17.3. The molecule has 0 amide bonds. The molecule has 0 aromatic carbocycles. The first-order valence-electron chi connectivity index (χ1n) is 27.2. The zero-order chi connectivity index (χ0) is 47.7. The number of carboxylic acid groups (broad SMARTS) is 1. The molecule has 8 nitrogen and oxygen atoms in total. The zero-order valence-electron chi connectivity index (χ0n) is 43.2. The summed E-state index contributed by atoms with van der Waals surface area (Å²) in [6, 6.07) is -0.730. The van der Waals surface area contributed by atoms with E-state index in [1.54, 1.807) is 21.1 Å². The fourth-order valence-corrected chi connectivity index (χ4v) is 8.09. The van der Waals surface area contributed by atoms with E-state index in [4.69, 9.17) is 14.2 Å². The van der Waals surface area contributed by atoms with Crippen LogP contribution in [0.15, 0.2) is 48.6 Å². The van der Waals surface area contributed by atoms with Gasteiger partial charge < -0.3 is 28.6 Å². The Labute approximate surface area is 401 Å². The highest BCUT2D eigenvalue weighted by Crippen LogP contribution is 2.17. The molecule has 0 N–H and O–H groups in total. The quantitative estimate of drug-likeness (QED) is 0.0259. The van der Waals surface area contributed by atoms with Gasteiger partial charge in [0.05, 0.1) is 40.3 Å². The molecule has 2 unspecified atom stereocenters. The van der Waals surface area contributed by atoms with Gasteiger partial charge in [-0.05, 0) is 38.5 Å². The molecule has 8 heteroatoms. The molecule has 2 atom stereocenters. The number of likely N-dealkylation sites (N-methyl/N-ethyl adjacent to an activating group) is 1. The molecule has 0 radical (unpaired) electrons. The van der Waals surface area contributed by atoms with Gasteiger partial charge in [-0.15, -0.1) is 0 Å². The topological polar surface area (TPSA) is 102 Å². The van der Waals surface area contributed by atoms with E-state index in [0.717, 1.165) is 64.2 Å². The van der Waals surface area contributed by atoms with E-state index >= 15 is 0 Å². The predicted molar refractivity (Wildman–Crippen MR) is 273 cm³/mol. The molecule has 0 saturated carbocycles. The van der Waals surface area contributed by atoms with E-state index in [1.165, 1.54) is 148 Å². The lowest BCUT2D eigenvalue weighted by Gasteiger charge is -2.34. The lowest BCUT2D eigenvalue weighted by Crippen LogP contribution is -2.55. The summed E-state index contributed by atoms with van der Waals surface area (Å²) >= 11 is 0. The zero-order valence-corrected chi connectivity index (χ0v) is 43.2. The van der Waals surface area contributed by atoms with Gasteiger partial charge in [0.25, 0.3) is 0 Å². The van der Waals surface area contributed by atoms with Gasteiger partial charge in [0, 0.05) is 19.3 Å². The SMILES string of the molecule is CCCCC/C=C/C=C/C=C/C=C/CCCCCCCC(=O)OCC(COCCC(C(=O)[O-])[N+](C)(C)C)OC(=O)CCCCCCCCCCCCCCCCCCCCCCCCC. The highest BCUT2D eigenvalue weighted by atomic mass is 16.6. The van der Waals surface area contributed by atoms with E-state index in [-0.39, 0.29) is 42.7 Å². The smallest absolute Gasteiger partial charge is 0.306 e. The van der Waals surface area contributed by atoms with Crippen LogP contribution in [0.4, 0.5) is 0 Å². The fourth-order valence-electron chi connectivity index (χ4n) is 8.09. The Morgan fingerprint density at radius 1 is 0.462 bits per heavy atom. The summed E-state index contributed by atoms with van der Waals surface area (Å²) in [6.07, 6.45) is 58.6. The largest absolute Gasteiger partial charge is 0.544 e. The number of carbonyl (C=O) groups excluding carboxylic acids is 3. The number of quaternary nitrogens is 1. The molecule has 0 saturated heterocycles. The van der Waals surface area contributed by atoms with Gasteiger partial charge in [-0.25, -0.2) is 0 Å². The second-order valence-electron chi connectivity index (χ2n) is 19.6. The Bertz CT molecular complexity index is 1200. The molecule has 0 fully saturated rings. The molecule has 0 spiro atoms. The third-order valence-electron chi connectivity index (χ3n) is 12.3. The average Bonchev–Trinajstić information content (AvgIpc) is 3.27. The predicted octanol–water partition coefficient (Wildman–Crippen LogP) is 14.6. The summed E-state index contributed by atoms with van der Waals surface area (Å²) in [5, 5.41) is 11.7. The van der Waals surface area contributed by atoms with Crippen molar-refractivity contribution >= 4 is 17.9 Å². The molecule has 65 heavy (non-hydrogen) atoms. The minimum absolute atomic E-state index is 0.0345. The third-order valence-corrected chi connectivity index (χ3v) is 12.3. The maximum absolute atomic E-state index is 12.8. The number of unbranched alkanes of at least 4 members (excludes halogenated alkanes) is 30. The van der Waals surface area contributed by atoms with Gasteiger partial charge in [-0.2, -0.15) is 0 Å². The normalized spacial score (nSPS) is 13.2. The number of allylic oxidation sites excluding steroid dienone is 8. The van der Waals surface area contributed by atoms with E-state index in [0.29, 0.717) is 12.8 Å². The number of hydrogen-bond donors (Lipinski definition) is 0. The first-order valence-corrected chi connectivity index (χ1v) is 27.2. The molecular weight excluding hydrogens is 811 g/mol. The van der Waals surface area contributed by atoms with Crippen LogP contribution in [0, 0.1) is 0 Å². The maximum Gasteiger partial charge on any atom is 0.306 e. The summed E-state index contributed by atoms with van der Waals surface area (Å²) in [6.45, 7) is 4.64. The van der Waals surface area contributed by atoms with Crippen molar-refractivity contribution in [3.63, 3.8) is 0 Å². The van der Waals surface area contributed by atoms with Crippen molar-refractivity contribution in [2.75, 3.05) is 41.0 Å². The molecule has 0 aliphatic carbocycles. The Balaban J connectivity index is 4.22. The second kappa shape index (κ2) is 47.8. The van der Waals surface area contributed by atoms with Gasteiger partial charge >= 0.3 is 11.9 Å². The first-order chi connectivity index (χ1) is 31.6. The summed E-state index contributed by atoms with van der Waals surface area (Å²) in [7, 11) is 5.41. The van der Waals surface area contributed by atoms with Crippen LogP contribution in [0.2, 0.25) is 0 Å². The van der Waals surface area contributed by atoms with Gasteiger partial charge in [0.2, 0.25) is 0 Å². The number of carboxylic acids is 1. The van der Waals surface area contributed by atoms with E-state index in [2.05, 4.69) is 62.5 Å². The van der Waals surface area contributed by atoms with Crippen LogP contribution < -0.4 is 5.11 Å². The molecule has 0 aromatic heterocycles. The summed E-state index contributed by atoms with van der Waals surface area (Å²) in [5.74, 6) is -1.75. The minimum Gasteiger partial charge on any atom is -0.544 e. The van der Waals surface area contributed by atoms with E-state index in [1.807, 2.05) is 0 Å². The first kappa shape index (κ1) is 62.3. The summed E-state index contributed by atoms with van der Waals surface area (Å²) in [4.78, 5) is 37.1. The van der Waals surface area contributed by atoms with E-state index < -0.39 is 18.1 Å². The number of ether oxygens (including phenoxy) is 3. The molecule has 0 aliphatic heterocycles. The highest BCUT2D eigenvalue weighted by molar-refractivity contribution is 5.70. The second-order valence-corrected chi connectivity index (χ2v) is 19.6. The van der Waals surface area contributed by atoms with Crippen LogP contribution in [0.3, 0.4) is 0 Å². The number of aliphatic carboxylic acids is 1. The lowest BCUT2D eigenvalue weighted by molar-refractivity contribution is -0.889. The van der Waals surface area contributed by atoms with Crippen molar-refractivity contribution < 1.29 is 38.2 Å². The molecule has 0 aliphatic rings. The van der Waals surface area contributed by atoms with Crippen molar-refractivity contribution in [2.24, 2.45) is 0 Å². The standard InChI is InChI=1S/C57H103NO7/c1-6-8-10-12-14-16-18-20-22-24-26-27-28-29-30-32-34-36-38-40-42-44-46-48-56(60)65-53(51-63-50-49-54(57(61)62)58(3,4)5)52-64-55(59)47-45-43-41-39-37-35-33-31-25-23-21-19-17-15-13-11-9-7-2/h15,17,19,21,23,25,31,33,53-54H,6-14,16,18,20,22,24,26-30,32,34-52H2,1-5H3/b17-15+,21-19+,25-23+,33-31+. The maximum atomic E-state index is 12.8. The summed E-state index contributed by atoms with van der Waals surface area (Å²) in [5.41, 5.74) is 0. The van der Waals surface area contributed by atoms with Crippen LogP contribution >= 0.6 is 0 Å². The van der Waals surface area contributed by atoms with Gasteiger partial charge in [0.1, 0.15) is 12.6 Å². The van der Waals surface area contributed by atoms with Crippen LogP contribution in [0.1, 0.15) is 245 Å². The molecule has 0 heterocycles. The minimum atomic E-state index is -1.13. The number of esters is 2. The number of hydrogen-bond acceptors (Lipinski definition) is 7. The van der Waals surface area contributed by atoms with Crippen molar-refractivity contribution in [3.05, 3.63) is 48.6 Å². The van der Waals surface area contributed by atoms with Crippen LogP contribution in [-0.2, 0) is 28.6 Å². The van der Waals surface area contributed by atoms with Gasteiger partial charge in [-0.3, -0.25) is 9.59 Å². The van der Waals surface area contributed by atoms with Crippen molar-refractivity contribution in [1.82, 2.24) is 0 Å². The Morgan fingerprint density at radius 2 is 0.815 bits per heavy atom. The molecule has 0 bridgehead atoms. The fraction of sp³-hybridized carbons (Fsp3) is 0.807. The van der Waals surface area contributed by atoms with Crippen LogP contribution in [0.25, 0.3) is 0 Å². The number of nitrogens with zero attached hydrogens (tertiary/aromatic N) is 1. The van der Waals surface area contributed by atoms with Crippen molar-refractivity contribution in [1.29, 1.82) is 0 Å². The van der Waals surface area contributed by atoms with Gasteiger partial charge in [-0.1, -0.05) is 236 Å². The monoisotopic (exact) mass is 914 g/mol. The third kappa shape index (κ3) is 46.2. The molecule has 0 aromatic rings. The lowest BCUT2D eigenvalue weighted by atomic mass is 10.0. The molecular formula is C57H103NO7. The van der Waals surface area contributed by atoms with Gasteiger partial charge in [0.15, 0.2) is 6.10 Å². The number of rotatable bonds is 49. The van der Waals surface area contributed by atoms with Crippen molar-refractivity contribution in [3.8, 4) is 0 Å².